The molecule has 0 aliphatic heterocycles. The Morgan fingerprint density at radius 2 is 1.11 bits per heavy atom. The summed E-state index contributed by atoms with van der Waals surface area (Å²) in [6, 6.07) is 49.4. The molecule has 1 aliphatic carbocycles. The van der Waals surface area contributed by atoms with Crippen molar-refractivity contribution in [2.75, 3.05) is 7.11 Å². The Labute approximate surface area is 316 Å². The number of benzene rings is 6. The van der Waals surface area contributed by atoms with Crippen molar-refractivity contribution in [1.82, 2.24) is 0 Å². The highest BCUT2D eigenvalue weighted by atomic mass is 16.5. The van der Waals surface area contributed by atoms with E-state index in [9.17, 15) is 5.11 Å². The van der Waals surface area contributed by atoms with Crippen molar-refractivity contribution in [2.24, 2.45) is 0 Å². The average Bonchev–Trinajstić information content (AvgIpc) is 3.49. The van der Waals surface area contributed by atoms with Crippen molar-refractivity contribution in [3.05, 3.63) is 173 Å². The normalized spacial score (nSPS) is 13.9. The Morgan fingerprint density at radius 1 is 0.585 bits per heavy atom. The molecule has 0 aromatic heterocycles. The number of hydrogen-bond donors (Lipinski definition) is 1. The van der Waals surface area contributed by atoms with Gasteiger partial charge in [-0.15, -0.1) is 0 Å². The van der Waals surface area contributed by atoms with E-state index < -0.39 is 11.0 Å². The van der Waals surface area contributed by atoms with E-state index in [1.165, 1.54) is 65.5 Å². The topological polar surface area (TPSA) is 38.7 Å². The van der Waals surface area contributed by atoms with E-state index in [4.69, 9.17) is 9.47 Å². The van der Waals surface area contributed by atoms with E-state index in [1.807, 2.05) is 13.0 Å². The van der Waals surface area contributed by atoms with Gasteiger partial charge in [0.25, 0.3) is 0 Å². The molecule has 6 aromatic carbocycles. The quantitative estimate of drug-likeness (QED) is 0.108. The molecule has 0 saturated heterocycles. The third-order valence-corrected chi connectivity index (χ3v) is 11.2. The Kier molecular flexibility index (Phi) is 10.8. The predicted molar refractivity (Wildman–Crippen MR) is 219 cm³/mol. The summed E-state index contributed by atoms with van der Waals surface area (Å²) in [5.41, 5.74) is 10.0. The summed E-state index contributed by atoms with van der Waals surface area (Å²) in [6.07, 6.45) is 9.09. The maximum atomic E-state index is 12.1. The molecular formula is C50H52O3. The van der Waals surface area contributed by atoms with Crippen LogP contribution in [0.25, 0.3) is 22.3 Å². The smallest absolute Gasteiger partial charge is 0.133 e. The van der Waals surface area contributed by atoms with Crippen LogP contribution < -0.4 is 9.47 Å². The van der Waals surface area contributed by atoms with Crippen molar-refractivity contribution >= 4 is 0 Å². The molecule has 1 atom stereocenters. The van der Waals surface area contributed by atoms with Gasteiger partial charge in [-0.25, -0.2) is 0 Å². The Bertz CT molecular complexity index is 2080. The van der Waals surface area contributed by atoms with Crippen molar-refractivity contribution in [3.63, 3.8) is 0 Å². The minimum absolute atomic E-state index is 0.515. The Hall–Kier alpha value is -5.12. The van der Waals surface area contributed by atoms with Crippen molar-refractivity contribution in [1.29, 1.82) is 0 Å². The van der Waals surface area contributed by atoms with Gasteiger partial charge in [-0.05, 0) is 101 Å². The minimum atomic E-state index is -1.05. The van der Waals surface area contributed by atoms with Gasteiger partial charge in [-0.1, -0.05) is 161 Å². The molecule has 0 radical (unpaired) electrons. The fraction of sp³-hybridized carbons (Fsp3) is 0.280. The number of methoxy groups -OCH3 is 1. The van der Waals surface area contributed by atoms with Gasteiger partial charge >= 0.3 is 0 Å². The summed E-state index contributed by atoms with van der Waals surface area (Å²) in [5, 5.41) is 12.1. The average molecular weight is 701 g/mol. The first-order chi connectivity index (χ1) is 25.8. The number of rotatable bonds is 15. The molecule has 1 N–H and O–H groups in total. The molecule has 3 heteroatoms. The summed E-state index contributed by atoms with van der Waals surface area (Å²) in [4.78, 5) is 0. The molecular weight excluding hydrogens is 649 g/mol. The molecule has 53 heavy (non-hydrogen) atoms. The van der Waals surface area contributed by atoms with Crippen LogP contribution in [-0.4, -0.2) is 12.2 Å². The van der Waals surface area contributed by atoms with Crippen LogP contribution in [0.4, 0.5) is 0 Å². The van der Waals surface area contributed by atoms with Gasteiger partial charge in [-0.2, -0.15) is 0 Å². The Balaban J connectivity index is 1.24. The predicted octanol–water partition coefficient (Wildman–Crippen LogP) is 13.2. The summed E-state index contributed by atoms with van der Waals surface area (Å²) >= 11 is 0. The molecule has 0 saturated carbocycles. The fourth-order valence-electron chi connectivity index (χ4n) is 8.29. The lowest BCUT2D eigenvalue weighted by Gasteiger charge is -2.34. The molecule has 0 spiro atoms. The van der Waals surface area contributed by atoms with Gasteiger partial charge in [0.15, 0.2) is 0 Å². The summed E-state index contributed by atoms with van der Waals surface area (Å²) in [5.74, 6) is 2.25. The van der Waals surface area contributed by atoms with Crippen molar-refractivity contribution in [2.45, 2.75) is 83.2 Å². The highest BCUT2D eigenvalue weighted by molar-refractivity contribution is 5.86. The lowest BCUT2D eigenvalue weighted by molar-refractivity contribution is 0.0429. The van der Waals surface area contributed by atoms with Gasteiger partial charge in [-0.3, -0.25) is 0 Å². The molecule has 0 amide bonds. The summed E-state index contributed by atoms with van der Waals surface area (Å²) < 4.78 is 12.3. The fourth-order valence-corrected chi connectivity index (χ4v) is 8.29. The van der Waals surface area contributed by atoms with Gasteiger partial charge in [0, 0.05) is 5.56 Å². The number of fused-ring (bicyclic) bond motifs is 3. The van der Waals surface area contributed by atoms with E-state index in [1.54, 1.807) is 7.11 Å². The van der Waals surface area contributed by atoms with Crippen LogP contribution in [0.15, 0.2) is 140 Å². The molecule has 7 rings (SSSR count). The second kappa shape index (κ2) is 15.9. The van der Waals surface area contributed by atoms with Crippen LogP contribution in [0, 0.1) is 6.92 Å². The third kappa shape index (κ3) is 7.28. The summed E-state index contributed by atoms with van der Waals surface area (Å²) in [7, 11) is 1.71. The van der Waals surface area contributed by atoms with Crippen molar-refractivity contribution < 1.29 is 14.6 Å². The van der Waals surface area contributed by atoms with E-state index in [-0.39, 0.29) is 0 Å². The number of aliphatic hydroxyl groups is 1. The van der Waals surface area contributed by atoms with Crippen LogP contribution in [0.1, 0.15) is 98.6 Å². The molecule has 6 aromatic rings. The van der Waals surface area contributed by atoms with Gasteiger partial charge in [0.1, 0.15) is 17.2 Å². The molecule has 0 bridgehead atoms. The minimum Gasteiger partial charge on any atom is -0.497 e. The Morgan fingerprint density at radius 3 is 1.70 bits per heavy atom. The second-order valence-electron chi connectivity index (χ2n) is 14.9. The van der Waals surface area contributed by atoms with Crippen LogP contribution >= 0.6 is 0 Å². The largest absolute Gasteiger partial charge is 0.497 e. The first-order valence-corrected chi connectivity index (χ1v) is 19.4. The maximum Gasteiger partial charge on any atom is 0.133 e. The first kappa shape index (κ1) is 36.2. The molecule has 270 valence electrons. The zero-order valence-electron chi connectivity index (χ0n) is 31.7. The SMILES string of the molecule is CCCCCCCCCC(C)(O)c1cc(-c2ccc(C)cc2)ccc1Oc1ccc(C2(c3ccc(OC)cc3)c3ccccc3-c3ccccc32)cc1. The van der Waals surface area contributed by atoms with E-state index in [0.717, 1.165) is 46.6 Å². The van der Waals surface area contributed by atoms with Crippen LogP contribution in [-0.2, 0) is 11.0 Å². The van der Waals surface area contributed by atoms with Gasteiger partial charge in [0.05, 0.1) is 18.1 Å². The molecule has 0 fully saturated rings. The van der Waals surface area contributed by atoms with Crippen molar-refractivity contribution in [3.8, 4) is 39.5 Å². The maximum absolute atomic E-state index is 12.1. The number of aryl methyl sites for hydroxylation is 1. The highest BCUT2D eigenvalue weighted by Crippen LogP contribution is 2.56. The first-order valence-electron chi connectivity index (χ1n) is 19.4. The number of hydrogen-bond acceptors (Lipinski definition) is 3. The van der Waals surface area contributed by atoms with E-state index in [0.29, 0.717) is 12.2 Å². The number of ether oxygens (including phenoxy) is 2. The van der Waals surface area contributed by atoms with Crippen LogP contribution in [0.2, 0.25) is 0 Å². The highest BCUT2D eigenvalue weighted by Gasteiger charge is 2.45. The lowest BCUT2D eigenvalue weighted by atomic mass is 9.68. The van der Waals surface area contributed by atoms with E-state index in [2.05, 4.69) is 147 Å². The summed E-state index contributed by atoms with van der Waals surface area (Å²) in [6.45, 7) is 6.30. The standard InChI is InChI=1S/C50H52O3/c1-5-6-7-8-9-10-15-34-49(3,51)47-35-38(37-22-20-36(2)21-23-37)24-33-48(47)53-42-31-27-40(28-32-42)50(39-25-29-41(52-4)30-26-39)45-18-13-11-16-43(45)44-17-12-14-19-46(44)50/h11-14,16-33,35,51H,5-10,15,34H2,1-4H3. The third-order valence-electron chi connectivity index (χ3n) is 11.2. The number of unbranched alkanes of at least 4 members (excludes halogenated alkanes) is 6. The van der Waals surface area contributed by atoms with Crippen LogP contribution in [0.3, 0.4) is 0 Å². The zero-order chi connectivity index (χ0) is 36.8. The molecule has 1 aliphatic rings. The van der Waals surface area contributed by atoms with Gasteiger partial charge in [0.2, 0.25) is 0 Å². The molecule has 0 heterocycles. The molecule has 1 unspecified atom stereocenters. The van der Waals surface area contributed by atoms with E-state index >= 15 is 0 Å². The lowest BCUT2D eigenvalue weighted by Crippen LogP contribution is -2.28. The molecule has 3 nitrogen and oxygen atoms in total. The van der Waals surface area contributed by atoms with Gasteiger partial charge < -0.3 is 14.6 Å². The van der Waals surface area contributed by atoms with Crippen LogP contribution in [0.5, 0.6) is 17.2 Å². The monoisotopic (exact) mass is 700 g/mol. The zero-order valence-corrected chi connectivity index (χ0v) is 31.7. The second-order valence-corrected chi connectivity index (χ2v) is 14.9.